The highest BCUT2D eigenvalue weighted by molar-refractivity contribution is 5.95. The van der Waals surface area contributed by atoms with Crippen LogP contribution in [0.5, 0.6) is 0 Å². The maximum absolute atomic E-state index is 11.6. The largest absolute Gasteiger partial charge is 0.399 e. The molecule has 0 saturated heterocycles. The number of nitrogen functional groups attached to an aromatic ring is 1. The van der Waals surface area contributed by atoms with E-state index in [2.05, 4.69) is 5.32 Å². The van der Waals surface area contributed by atoms with E-state index in [0.717, 1.165) is 6.42 Å². The number of carbonyl (C=O) groups is 1. The number of nitrogens with two attached hydrogens (primary N) is 1. The number of amides is 1. The third kappa shape index (κ3) is 2.76. The summed E-state index contributed by atoms with van der Waals surface area (Å²) in [5.74, 6) is -0.0633. The first-order valence-electron chi connectivity index (χ1n) is 4.80. The van der Waals surface area contributed by atoms with Crippen molar-refractivity contribution in [2.24, 2.45) is 0 Å². The van der Waals surface area contributed by atoms with E-state index >= 15 is 0 Å². The summed E-state index contributed by atoms with van der Waals surface area (Å²) in [6.07, 6.45) is 0.925. The Bertz CT molecular complexity index is 323. The van der Waals surface area contributed by atoms with Crippen molar-refractivity contribution in [3.63, 3.8) is 0 Å². The molecule has 76 valence electrons. The number of carbonyl (C=O) groups excluding carboxylic acids is 1. The normalized spacial score (nSPS) is 12.1. The van der Waals surface area contributed by atoms with Crippen LogP contribution in [-0.4, -0.2) is 11.9 Å². The third-order valence-corrected chi connectivity index (χ3v) is 2.14. The van der Waals surface area contributed by atoms with Crippen LogP contribution >= 0.6 is 0 Å². The Labute approximate surface area is 84.3 Å². The van der Waals surface area contributed by atoms with Crippen molar-refractivity contribution in [1.29, 1.82) is 0 Å². The zero-order chi connectivity index (χ0) is 10.6. The van der Waals surface area contributed by atoms with Gasteiger partial charge in [-0.05, 0) is 31.5 Å². The topological polar surface area (TPSA) is 55.1 Å². The molecule has 0 spiro atoms. The summed E-state index contributed by atoms with van der Waals surface area (Å²) in [5, 5.41) is 2.88. The Hall–Kier alpha value is -1.51. The molecule has 3 nitrogen and oxygen atoms in total. The summed E-state index contributed by atoms with van der Waals surface area (Å²) in [6, 6.07) is 7.18. The predicted molar refractivity (Wildman–Crippen MR) is 58.1 cm³/mol. The Kier molecular flexibility index (Phi) is 3.51. The Morgan fingerprint density at radius 2 is 2.29 bits per heavy atom. The summed E-state index contributed by atoms with van der Waals surface area (Å²) < 4.78 is 0. The molecule has 0 bridgehead atoms. The van der Waals surface area contributed by atoms with Gasteiger partial charge in [-0.1, -0.05) is 13.0 Å². The quantitative estimate of drug-likeness (QED) is 0.717. The van der Waals surface area contributed by atoms with Crippen molar-refractivity contribution < 1.29 is 4.79 Å². The van der Waals surface area contributed by atoms with Crippen LogP contribution in [0.2, 0.25) is 0 Å². The summed E-state index contributed by atoms with van der Waals surface area (Å²) in [7, 11) is 0. The summed E-state index contributed by atoms with van der Waals surface area (Å²) >= 11 is 0. The first-order valence-corrected chi connectivity index (χ1v) is 4.80. The molecular weight excluding hydrogens is 176 g/mol. The molecule has 1 atom stereocenters. The van der Waals surface area contributed by atoms with Gasteiger partial charge < -0.3 is 11.1 Å². The second-order valence-electron chi connectivity index (χ2n) is 3.41. The number of rotatable bonds is 3. The second kappa shape index (κ2) is 4.65. The fourth-order valence-corrected chi connectivity index (χ4v) is 1.09. The lowest BCUT2D eigenvalue weighted by Gasteiger charge is -2.11. The fourth-order valence-electron chi connectivity index (χ4n) is 1.09. The molecule has 0 radical (unpaired) electrons. The molecule has 0 aliphatic rings. The highest BCUT2D eigenvalue weighted by Gasteiger charge is 2.07. The highest BCUT2D eigenvalue weighted by atomic mass is 16.1. The van der Waals surface area contributed by atoms with E-state index < -0.39 is 0 Å². The molecule has 0 aliphatic heterocycles. The van der Waals surface area contributed by atoms with Gasteiger partial charge in [0.2, 0.25) is 0 Å². The Balaban J connectivity index is 2.70. The molecule has 1 rings (SSSR count). The molecule has 1 amide bonds. The maximum atomic E-state index is 11.6. The minimum Gasteiger partial charge on any atom is -0.399 e. The first kappa shape index (κ1) is 10.6. The lowest BCUT2D eigenvalue weighted by atomic mass is 10.1. The highest BCUT2D eigenvalue weighted by Crippen LogP contribution is 2.06. The number of benzene rings is 1. The van der Waals surface area contributed by atoms with Crippen LogP contribution in [0.3, 0.4) is 0 Å². The minimum atomic E-state index is -0.0633. The second-order valence-corrected chi connectivity index (χ2v) is 3.41. The van der Waals surface area contributed by atoms with Crippen LogP contribution < -0.4 is 11.1 Å². The molecule has 0 unspecified atom stereocenters. The van der Waals surface area contributed by atoms with Gasteiger partial charge in [-0.3, -0.25) is 4.79 Å². The fraction of sp³-hybridized carbons (Fsp3) is 0.364. The van der Waals surface area contributed by atoms with Gasteiger partial charge in [-0.15, -0.1) is 0 Å². The Morgan fingerprint density at radius 1 is 1.57 bits per heavy atom. The van der Waals surface area contributed by atoms with Gasteiger partial charge in [-0.25, -0.2) is 0 Å². The van der Waals surface area contributed by atoms with Crippen molar-refractivity contribution in [2.45, 2.75) is 26.3 Å². The average Bonchev–Trinajstić information content (AvgIpc) is 2.17. The van der Waals surface area contributed by atoms with Crippen LogP contribution in [0, 0.1) is 0 Å². The van der Waals surface area contributed by atoms with E-state index in [1.165, 1.54) is 0 Å². The van der Waals surface area contributed by atoms with E-state index in [-0.39, 0.29) is 11.9 Å². The predicted octanol–water partition coefficient (Wildman–Crippen LogP) is 1.80. The average molecular weight is 192 g/mol. The van der Waals surface area contributed by atoms with E-state index in [0.29, 0.717) is 11.3 Å². The molecule has 0 saturated carbocycles. The van der Waals surface area contributed by atoms with E-state index in [1.54, 1.807) is 24.3 Å². The van der Waals surface area contributed by atoms with Crippen LogP contribution in [-0.2, 0) is 0 Å². The lowest BCUT2D eigenvalue weighted by Crippen LogP contribution is -2.31. The van der Waals surface area contributed by atoms with E-state index in [9.17, 15) is 4.79 Å². The zero-order valence-electron chi connectivity index (χ0n) is 8.58. The van der Waals surface area contributed by atoms with Crippen LogP contribution in [0.15, 0.2) is 24.3 Å². The molecular formula is C11H16N2O. The summed E-state index contributed by atoms with van der Waals surface area (Å²) in [5.41, 5.74) is 6.81. The van der Waals surface area contributed by atoms with Crippen molar-refractivity contribution in [3.05, 3.63) is 29.8 Å². The SMILES string of the molecule is CC[C@H](C)NC(=O)c1cccc(N)c1. The Morgan fingerprint density at radius 3 is 2.86 bits per heavy atom. The van der Waals surface area contributed by atoms with Gasteiger partial charge in [0.1, 0.15) is 0 Å². The molecule has 14 heavy (non-hydrogen) atoms. The van der Waals surface area contributed by atoms with Crippen molar-refractivity contribution >= 4 is 11.6 Å². The molecule has 1 aromatic carbocycles. The van der Waals surface area contributed by atoms with Gasteiger partial charge in [0, 0.05) is 17.3 Å². The zero-order valence-corrected chi connectivity index (χ0v) is 8.58. The summed E-state index contributed by atoms with van der Waals surface area (Å²) in [4.78, 5) is 11.6. The molecule has 3 N–H and O–H groups in total. The molecule has 0 fully saturated rings. The van der Waals surface area contributed by atoms with Crippen LogP contribution in [0.1, 0.15) is 30.6 Å². The molecule has 0 aromatic heterocycles. The number of anilines is 1. The van der Waals surface area contributed by atoms with Crippen LogP contribution in [0.4, 0.5) is 5.69 Å². The van der Waals surface area contributed by atoms with Gasteiger partial charge in [-0.2, -0.15) is 0 Å². The lowest BCUT2D eigenvalue weighted by molar-refractivity contribution is 0.0939. The van der Waals surface area contributed by atoms with Crippen molar-refractivity contribution in [3.8, 4) is 0 Å². The molecule has 0 aliphatic carbocycles. The smallest absolute Gasteiger partial charge is 0.251 e. The van der Waals surface area contributed by atoms with Gasteiger partial charge in [0.05, 0.1) is 0 Å². The van der Waals surface area contributed by atoms with E-state index in [4.69, 9.17) is 5.73 Å². The van der Waals surface area contributed by atoms with Crippen molar-refractivity contribution in [2.75, 3.05) is 5.73 Å². The van der Waals surface area contributed by atoms with Gasteiger partial charge in [0.25, 0.3) is 5.91 Å². The molecule has 0 heterocycles. The van der Waals surface area contributed by atoms with Gasteiger partial charge >= 0.3 is 0 Å². The van der Waals surface area contributed by atoms with Crippen molar-refractivity contribution in [1.82, 2.24) is 5.32 Å². The third-order valence-electron chi connectivity index (χ3n) is 2.14. The minimum absolute atomic E-state index is 0.0633. The summed E-state index contributed by atoms with van der Waals surface area (Å²) in [6.45, 7) is 4.01. The molecule has 1 aromatic rings. The monoisotopic (exact) mass is 192 g/mol. The number of hydrogen-bond acceptors (Lipinski definition) is 2. The maximum Gasteiger partial charge on any atom is 0.251 e. The standard InChI is InChI=1S/C11H16N2O/c1-3-8(2)13-11(14)9-5-4-6-10(12)7-9/h4-8H,3,12H2,1-2H3,(H,13,14)/t8-/m0/s1. The first-order chi connectivity index (χ1) is 6.63. The molecule has 3 heteroatoms. The van der Waals surface area contributed by atoms with E-state index in [1.807, 2.05) is 13.8 Å². The van der Waals surface area contributed by atoms with Gasteiger partial charge in [0.15, 0.2) is 0 Å². The number of hydrogen-bond donors (Lipinski definition) is 2. The number of nitrogens with one attached hydrogen (secondary N) is 1. The van der Waals surface area contributed by atoms with Crippen LogP contribution in [0.25, 0.3) is 0 Å².